The van der Waals surface area contributed by atoms with Gasteiger partial charge < -0.3 is 4.42 Å². The molecule has 0 unspecified atom stereocenters. The highest BCUT2D eigenvalue weighted by molar-refractivity contribution is 6.10. The fourth-order valence-corrected chi connectivity index (χ4v) is 5.47. The van der Waals surface area contributed by atoms with E-state index >= 15 is 0 Å². The average molecular weight is 514 g/mol. The van der Waals surface area contributed by atoms with Gasteiger partial charge in [-0.2, -0.15) is 9.97 Å². The molecule has 6 nitrogen and oxygen atoms in total. The number of nitrogens with zero attached hydrogens (tertiary/aromatic N) is 5. The van der Waals surface area contributed by atoms with E-state index in [0.717, 1.165) is 43.7 Å². The molecule has 0 N–H and O–H groups in total. The van der Waals surface area contributed by atoms with Crippen molar-refractivity contribution in [3.05, 3.63) is 127 Å². The lowest BCUT2D eigenvalue weighted by atomic mass is 10.1. The molecular weight excluding hydrogens is 494 g/mol. The van der Waals surface area contributed by atoms with Crippen molar-refractivity contribution in [3.63, 3.8) is 0 Å². The second-order valence-electron chi connectivity index (χ2n) is 9.59. The number of furan rings is 1. The quantitative estimate of drug-likeness (QED) is 0.222. The molecule has 5 aromatic carbocycles. The molecule has 40 heavy (non-hydrogen) atoms. The zero-order chi connectivity index (χ0) is 26.6. The Balaban J connectivity index is 1.45. The fourth-order valence-electron chi connectivity index (χ4n) is 5.47. The van der Waals surface area contributed by atoms with Crippen LogP contribution in [0, 0.1) is 6.57 Å². The Morgan fingerprint density at radius 3 is 2.02 bits per heavy atom. The lowest BCUT2D eigenvalue weighted by Crippen LogP contribution is -2.06. The van der Waals surface area contributed by atoms with Crippen molar-refractivity contribution in [2.75, 3.05) is 0 Å². The third-order valence-corrected chi connectivity index (χ3v) is 7.29. The van der Waals surface area contributed by atoms with Crippen molar-refractivity contribution in [1.29, 1.82) is 0 Å². The number of fused-ring (bicyclic) bond motifs is 6. The SMILES string of the molecule is [C-]#[N+]c1ccc2c(c1)oc1c(-c3nc(-c4ccccc4)nc(-n4c5ccccc5c5ccccc54)n3)cccc12. The van der Waals surface area contributed by atoms with Crippen molar-refractivity contribution < 1.29 is 4.42 Å². The zero-order valence-corrected chi connectivity index (χ0v) is 21.1. The molecule has 0 spiro atoms. The fraction of sp³-hybridized carbons (Fsp3) is 0. The first kappa shape index (κ1) is 22.2. The van der Waals surface area contributed by atoms with Gasteiger partial charge in [0.25, 0.3) is 0 Å². The predicted molar refractivity (Wildman–Crippen MR) is 159 cm³/mol. The molecule has 0 aliphatic heterocycles. The Labute approximate surface area is 228 Å². The van der Waals surface area contributed by atoms with Crippen LogP contribution in [0.1, 0.15) is 0 Å². The molecule has 186 valence electrons. The number of rotatable bonds is 3. The van der Waals surface area contributed by atoms with E-state index in [1.54, 1.807) is 6.07 Å². The van der Waals surface area contributed by atoms with Crippen LogP contribution in [-0.2, 0) is 0 Å². The van der Waals surface area contributed by atoms with E-state index in [1.807, 2.05) is 72.8 Å². The summed E-state index contributed by atoms with van der Waals surface area (Å²) >= 11 is 0. The van der Waals surface area contributed by atoms with Crippen molar-refractivity contribution in [2.24, 2.45) is 0 Å². The number of hydrogen-bond acceptors (Lipinski definition) is 4. The molecule has 0 amide bonds. The normalized spacial score (nSPS) is 11.5. The first-order chi connectivity index (χ1) is 19.8. The van der Waals surface area contributed by atoms with Gasteiger partial charge in [-0.1, -0.05) is 91.0 Å². The molecule has 6 heteroatoms. The Morgan fingerprint density at radius 2 is 1.27 bits per heavy atom. The smallest absolute Gasteiger partial charge is 0.238 e. The summed E-state index contributed by atoms with van der Waals surface area (Å²) in [6.07, 6.45) is 0. The molecule has 0 saturated heterocycles. The molecule has 0 aliphatic carbocycles. The Morgan fingerprint density at radius 1 is 0.600 bits per heavy atom. The van der Waals surface area contributed by atoms with E-state index in [-0.39, 0.29) is 0 Å². The maximum Gasteiger partial charge on any atom is 0.238 e. The van der Waals surface area contributed by atoms with Crippen LogP contribution in [-0.4, -0.2) is 19.5 Å². The van der Waals surface area contributed by atoms with Crippen LogP contribution in [0.15, 0.2) is 120 Å². The highest BCUT2D eigenvalue weighted by Gasteiger charge is 2.20. The van der Waals surface area contributed by atoms with Crippen LogP contribution < -0.4 is 0 Å². The maximum atomic E-state index is 7.40. The Hall–Kier alpha value is -5.80. The van der Waals surface area contributed by atoms with Gasteiger partial charge in [-0.15, -0.1) is 0 Å². The minimum absolute atomic E-state index is 0.515. The van der Waals surface area contributed by atoms with Gasteiger partial charge in [0.1, 0.15) is 11.2 Å². The molecule has 0 atom stereocenters. The third kappa shape index (κ3) is 3.32. The van der Waals surface area contributed by atoms with Gasteiger partial charge in [0.05, 0.1) is 23.2 Å². The Bertz CT molecular complexity index is 2240. The molecule has 0 saturated carbocycles. The van der Waals surface area contributed by atoms with Gasteiger partial charge in [0, 0.05) is 27.1 Å². The first-order valence-electron chi connectivity index (χ1n) is 12.9. The first-order valence-corrected chi connectivity index (χ1v) is 12.9. The summed E-state index contributed by atoms with van der Waals surface area (Å²) in [5.41, 5.74) is 5.58. The molecule has 3 aromatic heterocycles. The molecule has 0 aliphatic rings. The predicted octanol–water partition coefficient (Wildman–Crippen LogP) is 8.75. The minimum atomic E-state index is 0.515. The van der Waals surface area contributed by atoms with E-state index in [1.165, 1.54) is 0 Å². The summed E-state index contributed by atoms with van der Waals surface area (Å²) in [4.78, 5) is 18.6. The minimum Gasteiger partial charge on any atom is -0.457 e. The monoisotopic (exact) mass is 513 g/mol. The maximum absolute atomic E-state index is 7.40. The zero-order valence-electron chi connectivity index (χ0n) is 21.1. The van der Waals surface area contributed by atoms with Crippen molar-refractivity contribution >= 4 is 49.4 Å². The highest BCUT2D eigenvalue weighted by Crippen LogP contribution is 2.37. The summed E-state index contributed by atoms with van der Waals surface area (Å²) in [5.74, 6) is 1.62. The summed E-state index contributed by atoms with van der Waals surface area (Å²) < 4.78 is 8.45. The van der Waals surface area contributed by atoms with E-state index in [9.17, 15) is 0 Å². The van der Waals surface area contributed by atoms with Crippen LogP contribution in [0.5, 0.6) is 0 Å². The summed E-state index contributed by atoms with van der Waals surface area (Å²) in [7, 11) is 0. The topological polar surface area (TPSA) is 61.1 Å². The van der Waals surface area contributed by atoms with Gasteiger partial charge in [0.2, 0.25) is 5.95 Å². The molecular formula is C34H19N5O. The molecule has 0 fully saturated rings. The lowest BCUT2D eigenvalue weighted by Gasteiger charge is -2.11. The summed E-state index contributed by atoms with van der Waals surface area (Å²) in [6, 6.07) is 38.1. The van der Waals surface area contributed by atoms with E-state index in [2.05, 4.69) is 45.8 Å². The van der Waals surface area contributed by atoms with Crippen molar-refractivity contribution in [2.45, 2.75) is 0 Å². The van der Waals surface area contributed by atoms with Gasteiger partial charge >= 0.3 is 0 Å². The van der Waals surface area contributed by atoms with Gasteiger partial charge in [-0.3, -0.25) is 4.57 Å². The number of para-hydroxylation sites is 3. The molecule has 3 heterocycles. The van der Waals surface area contributed by atoms with E-state index < -0.39 is 0 Å². The van der Waals surface area contributed by atoms with Gasteiger partial charge in [-0.05, 0) is 24.3 Å². The molecule has 8 aromatic rings. The van der Waals surface area contributed by atoms with Crippen molar-refractivity contribution in [1.82, 2.24) is 19.5 Å². The largest absolute Gasteiger partial charge is 0.457 e. The van der Waals surface area contributed by atoms with Crippen LogP contribution >= 0.6 is 0 Å². The van der Waals surface area contributed by atoms with Gasteiger partial charge in [-0.25, -0.2) is 9.83 Å². The van der Waals surface area contributed by atoms with E-state index in [4.69, 9.17) is 25.9 Å². The van der Waals surface area contributed by atoms with Crippen molar-refractivity contribution in [3.8, 4) is 28.7 Å². The van der Waals surface area contributed by atoms with Crippen LogP contribution in [0.2, 0.25) is 0 Å². The third-order valence-electron chi connectivity index (χ3n) is 7.29. The lowest BCUT2D eigenvalue weighted by molar-refractivity contribution is 0.669. The molecule has 0 bridgehead atoms. The standard InChI is InChI=1S/C34H19N5O/c1-35-22-18-19-25-26-14-9-15-27(31(26)40-30(25)20-22)33-36-32(21-10-3-2-4-11-21)37-34(38-33)39-28-16-7-5-12-23(28)24-13-6-8-17-29(24)39/h2-20H. The summed E-state index contributed by atoms with van der Waals surface area (Å²) in [5, 5.41) is 4.17. The number of hydrogen-bond donors (Lipinski definition) is 0. The average Bonchev–Trinajstić information content (AvgIpc) is 3.56. The Kier molecular flexibility index (Phi) is 4.78. The van der Waals surface area contributed by atoms with Crippen LogP contribution in [0.25, 0.3) is 77.3 Å². The number of aromatic nitrogens is 4. The van der Waals surface area contributed by atoms with Crippen LogP contribution in [0.4, 0.5) is 5.69 Å². The number of benzene rings is 5. The van der Waals surface area contributed by atoms with E-state index in [0.29, 0.717) is 34.5 Å². The summed E-state index contributed by atoms with van der Waals surface area (Å²) in [6.45, 7) is 7.40. The molecule has 0 radical (unpaired) electrons. The second kappa shape index (κ2) is 8.62. The van der Waals surface area contributed by atoms with Gasteiger partial charge in [0.15, 0.2) is 17.3 Å². The van der Waals surface area contributed by atoms with Crippen LogP contribution in [0.3, 0.4) is 0 Å². The second-order valence-corrected chi connectivity index (χ2v) is 9.59. The highest BCUT2D eigenvalue weighted by atomic mass is 16.3. The molecule has 8 rings (SSSR count).